The monoisotopic (exact) mass is 397 g/mol. The van der Waals surface area contributed by atoms with Crippen LogP contribution in [0, 0.1) is 6.92 Å². The number of aryl methyl sites for hydroxylation is 1. The van der Waals surface area contributed by atoms with Crippen molar-refractivity contribution in [3.63, 3.8) is 0 Å². The highest BCUT2D eigenvalue weighted by Gasteiger charge is 2.17. The Bertz CT molecular complexity index is 707. The largest absolute Gasteiger partial charge is 0.492 e. The van der Waals surface area contributed by atoms with Crippen LogP contribution in [0.1, 0.15) is 18.9 Å². The minimum Gasteiger partial charge on any atom is -0.492 e. The number of benzene rings is 2. The van der Waals surface area contributed by atoms with Crippen LogP contribution in [0.5, 0.6) is 5.75 Å². The first kappa shape index (κ1) is 20.0. The molecule has 0 saturated carbocycles. The Morgan fingerprint density at radius 3 is 2.56 bits per heavy atom. The zero-order valence-electron chi connectivity index (χ0n) is 14.2. The zero-order valence-corrected chi connectivity index (χ0v) is 16.5. The molecule has 1 atom stereocenters. The van der Waals surface area contributed by atoms with Gasteiger partial charge in [0, 0.05) is 14.9 Å². The number of amides is 1. The van der Waals surface area contributed by atoms with Crippen LogP contribution in [-0.4, -0.2) is 24.3 Å². The smallest absolute Gasteiger partial charge is 0.233 e. The van der Waals surface area contributed by atoms with Gasteiger partial charge in [-0.15, -0.1) is 11.8 Å². The van der Waals surface area contributed by atoms with E-state index in [1.807, 2.05) is 50.2 Å². The minimum atomic E-state index is -0.144. The molecular weight excluding hydrogens is 377 g/mol. The molecule has 0 fully saturated rings. The summed E-state index contributed by atoms with van der Waals surface area (Å²) >= 11 is 13.5. The van der Waals surface area contributed by atoms with Gasteiger partial charge < -0.3 is 10.1 Å². The van der Waals surface area contributed by atoms with E-state index < -0.39 is 0 Å². The Kier molecular flexibility index (Phi) is 7.94. The molecule has 25 heavy (non-hydrogen) atoms. The van der Waals surface area contributed by atoms with Crippen LogP contribution in [0.25, 0.3) is 0 Å². The summed E-state index contributed by atoms with van der Waals surface area (Å²) in [5, 5.41) is 4.14. The number of hydrogen-bond acceptors (Lipinski definition) is 3. The maximum atomic E-state index is 12.3. The molecule has 2 aromatic rings. The molecular formula is C19H21Cl2NO2S. The van der Waals surface area contributed by atoms with Crippen molar-refractivity contribution < 1.29 is 9.53 Å². The van der Waals surface area contributed by atoms with Crippen LogP contribution in [0.15, 0.2) is 47.4 Å². The van der Waals surface area contributed by atoms with Crippen molar-refractivity contribution in [3.8, 4) is 5.75 Å². The number of hydrogen-bond donors (Lipinski definition) is 1. The van der Waals surface area contributed by atoms with Gasteiger partial charge in [0.15, 0.2) is 0 Å². The maximum Gasteiger partial charge on any atom is 0.233 e. The molecule has 0 aromatic heterocycles. The second kappa shape index (κ2) is 9.95. The minimum absolute atomic E-state index is 0.00740. The van der Waals surface area contributed by atoms with Crippen molar-refractivity contribution in [2.24, 2.45) is 0 Å². The molecule has 3 nitrogen and oxygen atoms in total. The van der Waals surface area contributed by atoms with E-state index in [0.717, 1.165) is 16.9 Å². The Hall–Kier alpha value is -1.36. The summed E-state index contributed by atoms with van der Waals surface area (Å²) < 4.78 is 5.62. The number of thioether (sulfide) groups is 1. The first-order valence-electron chi connectivity index (χ1n) is 8.08. The van der Waals surface area contributed by atoms with Crippen molar-refractivity contribution in [2.75, 3.05) is 13.2 Å². The number of ether oxygens (including phenoxy) is 1. The van der Waals surface area contributed by atoms with Gasteiger partial charge in [-0.25, -0.2) is 0 Å². The predicted octanol–water partition coefficient (Wildman–Crippen LogP) is 5.37. The molecule has 0 radical (unpaired) electrons. The first-order valence-corrected chi connectivity index (χ1v) is 9.72. The van der Waals surface area contributed by atoms with Gasteiger partial charge in [0.05, 0.1) is 11.8 Å². The van der Waals surface area contributed by atoms with Crippen LogP contribution in [-0.2, 0) is 4.79 Å². The molecule has 0 heterocycles. The molecule has 2 rings (SSSR count). The van der Waals surface area contributed by atoms with E-state index in [0.29, 0.717) is 28.9 Å². The van der Waals surface area contributed by atoms with Crippen molar-refractivity contribution >= 4 is 40.9 Å². The SMILES string of the molecule is CC[C@@H](Sc1ccc(Cl)cc1)C(=O)NCCOc1ccc(C)c(Cl)c1. The molecule has 2 aromatic carbocycles. The number of nitrogens with one attached hydrogen (secondary N) is 1. The van der Waals surface area contributed by atoms with Crippen LogP contribution in [0.4, 0.5) is 0 Å². The van der Waals surface area contributed by atoms with Crippen molar-refractivity contribution in [1.29, 1.82) is 0 Å². The highest BCUT2D eigenvalue weighted by Crippen LogP contribution is 2.26. The lowest BCUT2D eigenvalue weighted by Gasteiger charge is -2.15. The summed E-state index contributed by atoms with van der Waals surface area (Å²) in [5.74, 6) is 0.709. The van der Waals surface area contributed by atoms with Gasteiger partial charge >= 0.3 is 0 Å². The van der Waals surface area contributed by atoms with E-state index in [1.54, 1.807) is 6.07 Å². The van der Waals surface area contributed by atoms with Crippen LogP contribution < -0.4 is 10.1 Å². The van der Waals surface area contributed by atoms with E-state index in [2.05, 4.69) is 5.32 Å². The summed E-state index contributed by atoms with van der Waals surface area (Å²) in [7, 11) is 0. The van der Waals surface area contributed by atoms with Crippen molar-refractivity contribution in [1.82, 2.24) is 5.32 Å². The molecule has 0 aliphatic heterocycles. The Morgan fingerprint density at radius 1 is 1.20 bits per heavy atom. The van der Waals surface area contributed by atoms with Crippen LogP contribution >= 0.6 is 35.0 Å². The van der Waals surface area contributed by atoms with Gasteiger partial charge in [-0.1, -0.05) is 36.2 Å². The third-order valence-corrected chi connectivity index (χ3v) is 5.60. The second-order valence-corrected chi connectivity index (χ2v) is 7.64. The fraction of sp³-hybridized carbons (Fsp3) is 0.316. The van der Waals surface area contributed by atoms with E-state index in [-0.39, 0.29) is 11.2 Å². The second-order valence-electron chi connectivity index (χ2n) is 5.52. The molecule has 0 spiro atoms. The number of carbonyl (C=O) groups excluding carboxylic acids is 1. The lowest BCUT2D eigenvalue weighted by atomic mass is 10.2. The third kappa shape index (κ3) is 6.46. The van der Waals surface area contributed by atoms with Gasteiger partial charge in [-0.2, -0.15) is 0 Å². The van der Waals surface area contributed by atoms with E-state index in [1.165, 1.54) is 11.8 Å². The standard InChI is InChI=1S/C19H21Cl2NO2S/c1-3-18(25-16-8-5-14(20)6-9-16)19(23)22-10-11-24-15-7-4-13(2)17(21)12-15/h4-9,12,18H,3,10-11H2,1-2H3,(H,22,23)/t18-/m1/s1. The highest BCUT2D eigenvalue weighted by atomic mass is 35.5. The summed E-state index contributed by atoms with van der Waals surface area (Å²) in [6.07, 6.45) is 0.744. The van der Waals surface area contributed by atoms with E-state index in [4.69, 9.17) is 27.9 Å². The van der Waals surface area contributed by atoms with Gasteiger partial charge in [0.25, 0.3) is 0 Å². The average molecular weight is 398 g/mol. The normalized spacial score (nSPS) is 11.8. The van der Waals surface area contributed by atoms with Crippen LogP contribution in [0.3, 0.4) is 0 Å². The number of rotatable bonds is 8. The van der Waals surface area contributed by atoms with Gasteiger partial charge in [-0.05, 0) is 55.3 Å². The maximum absolute atomic E-state index is 12.3. The lowest BCUT2D eigenvalue weighted by molar-refractivity contribution is -0.120. The topological polar surface area (TPSA) is 38.3 Å². The molecule has 0 saturated heterocycles. The molecule has 1 amide bonds. The Morgan fingerprint density at radius 2 is 1.92 bits per heavy atom. The number of carbonyl (C=O) groups is 1. The summed E-state index contributed by atoms with van der Waals surface area (Å²) in [6, 6.07) is 13.1. The molecule has 0 unspecified atom stereocenters. The van der Waals surface area contributed by atoms with Crippen LogP contribution in [0.2, 0.25) is 10.0 Å². The quantitative estimate of drug-likeness (QED) is 0.480. The van der Waals surface area contributed by atoms with E-state index in [9.17, 15) is 4.79 Å². The fourth-order valence-corrected chi connectivity index (χ4v) is 3.40. The van der Waals surface area contributed by atoms with Gasteiger partial charge in [-0.3, -0.25) is 4.79 Å². The fourth-order valence-electron chi connectivity index (χ4n) is 2.12. The first-order chi connectivity index (χ1) is 12.0. The molecule has 1 N–H and O–H groups in total. The van der Waals surface area contributed by atoms with Crippen molar-refractivity contribution in [3.05, 3.63) is 58.1 Å². The summed E-state index contributed by atoms with van der Waals surface area (Å²) in [6.45, 7) is 4.78. The lowest BCUT2D eigenvalue weighted by Crippen LogP contribution is -2.35. The summed E-state index contributed by atoms with van der Waals surface area (Å²) in [4.78, 5) is 13.3. The third-order valence-electron chi connectivity index (χ3n) is 3.57. The molecule has 0 bridgehead atoms. The van der Waals surface area contributed by atoms with Crippen molar-refractivity contribution in [2.45, 2.75) is 30.4 Å². The van der Waals surface area contributed by atoms with E-state index >= 15 is 0 Å². The predicted molar refractivity (Wildman–Crippen MR) is 106 cm³/mol. The molecule has 6 heteroatoms. The Balaban J connectivity index is 1.77. The molecule has 0 aliphatic carbocycles. The van der Waals surface area contributed by atoms with Gasteiger partial charge in [0.2, 0.25) is 5.91 Å². The zero-order chi connectivity index (χ0) is 18.2. The molecule has 134 valence electrons. The highest BCUT2D eigenvalue weighted by molar-refractivity contribution is 8.00. The van der Waals surface area contributed by atoms with Gasteiger partial charge in [0.1, 0.15) is 12.4 Å². The number of halogens is 2. The average Bonchev–Trinajstić information content (AvgIpc) is 2.61. The summed E-state index contributed by atoms with van der Waals surface area (Å²) in [5.41, 5.74) is 1.01. The Labute approximate surface area is 163 Å². The molecule has 0 aliphatic rings.